The average molecular weight is 309 g/mol. The van der Waals surface area contributed by atoms with Gasteiger partial charge in [-0.05, 0) is 61.2 Å². The minimum atomic E-state index is -0.791. The number of carboxylic acid groups (broad SMARTS) is 1. The van der Waals surface area contributed by atoms with Crippen molar-refractivity contribution in [1.82, 2.24) is 4.90 Å². The van der Waals surface area contributed by atoms with Crippen molar-refractivity contribution in [3.05, 3.63) is 59.2 Å². The molecule has 0 radical (unpaired) electrons. The van der Waals surface area contributed by atoms with E-state index < -0.39 is 5.97 Å². The van der Waals surface area contributed by atoms with Crippen LogP contribution in [0.2, 0.25) is 0 Å². The van der Waals surface area contributed by atoms with E-state index in [1.807, 2.05) is 18.2 Å². The van der Waals surface area contributed by atoms with Gasteiger partial charge >= 0.3 is 5.97 Å². The van der Waals surface area contributed by atoms with Crippen molar-refractivity contribution in [3.8, 4) is 11.1 Å². The Labute approximate surface area is 137 Å². The minimum Gasteiger partial charge on any atom is -0.481 e. The van der Waals surface area contributed by atoms with Gasteiger partial charge in [-0.3, -0.25) is 9.69 Å². The van der Waals surface area contributed by atoms with E-state index in [1.54, 1.807) is 0 Å². The summed E-state index contributed by atoms with van der Waals surface area (Å²) < 4.78 is 0. The maximum atomic E-state index is 10.9. The van der Waals surface area contributed by atoms with E-state index in [0.29, 0.717) is 0 Å². The van der Waals surface area contributed by atoms with Gasteiger partial charge in [-0.25, -0.2) is 0 Å². The lowest BCUT2D eigenvalue weighted by Gasteiger charge is -2.16. The van der Waals surface area contributed by atoms with Gasteiger partial charge in [0.25, 0.3) is 0 Å². The topological polar surface area (TPSA) is 40.5 Å². The van der Waals surface area contributed by atoms with Crippen molar-refractivity contribution >= 4 is 5.97 Å². The normalized spacial score (nSPS) is 15.0. The van der Waals surface area contributed by atoms with Crippen molar-refractivity contribution in [2.75, 3.05) is 13.1 Å². The van der Waals surface area contributed by atoms with Crippen LogP contribution in [0.3, 0.4) is 0 Å². The fourth-order valence-corrected chi connectivity index (χ4v) is 3.35. The molecule has 0 unspecified atom stereocenters. The van der Waals surface area contributed by atoms with Crippen LogP contribution in [0.15, 0.2) is 42.5 Å². The van der Waals surface area contributed by atoms with E-state index in [9.17, 15) is 4.79 Å². The summed E-state index contributed by atoms with van der Waals surface area (Å²) in [5.74, 6) is -0.791. The van der Waals surface area contributed by atoms with Gasteiger partial charge in [0.15, 0.2) is 0 Å². The first kappa shape index (κ1) is 15.8. The molecule has 0 aliphatic carbocycles. The summed E-state index contributed by atoms with van der Waals surface area (Å²) in [6.45, 7) is 5.51. The summed E-state index contributed by atoms with van der Waals surface area (Å²) in [5, 5.41) is 8.97. The summed E-state index contributed by atoms with van der Waals surface area (Å²) in [4.78, 5) is 13.4. The second kappa shape index (κ2) is 6.97. The van der Waals surface area contributed by atoms with Gasteiger partial charge in [0, 0.05) is 6.54 Å². The zero-order chi connectivity index (χ0) is 16.2. The quantitative estimate of drug-likeness (QED) is 0.911. The predicted octanol–water partition coefficient (Wildman–Crippen LogP) is 3.88. The highest BCUT2D eigenvalue weighted by Crippen LogP contribution is 2.25. The van der Waals surface area contributed by atoms with E-state index >= 15 is 0 Å². The number of carboxylic acids is 1. The van der Waals surface area contributed by atoms with Crippen LogP contribution >= 0.6 is 0 Å². The molecule has 120 valence electrons. The van der Waals surface area contributed by atoms with Crippen LogP contribution in [-0.4, -0.2) is 29.1 Å². The summed E-state index contributed by atoms with van der Waals surface area (Å²) in [6, 6.07) is 14.5. The number of aryl methyl sites for hydroxylation is 1. The number of carbonyl (C=O) groups is 1. The lowest BCUT2D eigenvalue weighted by Crippen LogP contribution is -2.18. The fraction of sp³-hybridized carbons (Fsp3) is 0.350. The van der Waals surface area contributed by atoms with Crippen LogP contribution in [0, 0.1) is 6.92 Å². The maximum absolute atomic E-state index is 10.9. The zero-order valence-corrected chi connectivity index (χ0v) is 13.6. The third-order valence-corrected chi connectivity index (χ3v) is 4.36. The molecule has 23 heavy (non-hydrogen) atoms. The average Bonchev–Trinajstić information content (AvgIpc) is 2.99. The summed E-state index contributed by atoms with van der Waals surface area (Å²) in [5.41, 5.74) is 5.70. The number of benzene rings is 2. The van der Waals surface area contributed by atoms with Crippen LogP contribution in [0.5, 0.6) is 0 Å². The highest BCUT2D eigenvalue weighted by Gasteiger charge is 2.12. The molecule has 2 aromatic rings. The first-order valence-corrected chi connectivity index (χ1v) is 8.24. The van der Waals surface area contributed by atoms with E-state index in [4.69, 9.17) is 5.11 Å². The molecule has 1 heterocycles. The van der Waals surface area contributed by atoms with Gasteiger partial charge < -0.3 is 5.11 Å². The van der Waals surface area contributed by atoms with E-state index in [1.165, 1.54) is 42.6 Å². The number of rotatable bonds is 5. The van der Waals surface area contributed by atoms with Crippen LogP contribution in [-0.2, 0) is 17.8 Å². The Balaban J connectivity index is 1.86. The second-order valence-electron chi connectivity index (χ2n) is 6.46. The first-order chi connectivity index (χ1) is 11.1. The molecule has 3 nitrogen and oxygen atoms in total. The van der Waals surface area contributed by atoms with E-state index in [2.05, 4.69) is 36.1 Å². The number of nitrogens with zero attached hydrogens (tertiary/aromatic N) is 1. The molecule has 3 rings (SSSR count). The first-order valence-electron chi connectivity index (χ1n) is 8.24. The molecule has 2 aromatic carbocycles. The summed E-state index contributed by atoms with van der Waals surface area (Å²) in [7, 11) is 0. The van der Waals surface area contributed by atoms with Crippen molar-refractivity contribution < 1.29 is 9.90 Å². The smallest absolute Gasteiger partial charge is 0.307 e. The molecule has 1 aliphatic heterocycles. The Morgan fingerprint density at radius 3 is 2.52 bits per heavy atom. The van der Waals surface area contributed by atoms with Crippen LogP contribution in [0.25, 0.3) is 11.1 Å². The molecule has 0 bridgehead atoms. The van der Waals surface area contributed by atoms with E-state index in [0.717, 1.165) is 17.7 Å². The third-order valence-electron chi connectivity index (χ3n) is 4.36. The van der Waals surface area contributed by atoms with Crippen LogP contribution < -0.4 is 0 Å². The second-order valence-corrected chi connectivity index (χ2v) is 6.46. The van der Waals surface area contributed by atoms with Gasteiger partial charge in [0.2, 0.25) is 0 Å². The number of likely N-dealkylation sites (tertiary alicyclic amines) is 1. The summed E-state index contributed by atoms with van der Waals surface area (Å²) >= 11 is 0. The molecular weight excluding hydrogens is 286 g/mol. The number of aliphatic carboxylic acids is 1. The minimum absolute atomic E-state index is 0.0697. The molecule has 0 aromatic heterocycles. The number of hydrogen-bond acceptors (Lipinski definition) is 2. The maximum Gasteiger partial charge on any atom is 0.307 e. The fourth-order valence-electron chi connectivity index (χ4n) is 3.35. The Morgan fingerprint density at radius 2 is 1.78 bits per heavy atom. The third kappa shape index (κ3) is 4.20. The predicted molar refractivity (Wildman–Crippen MR) is 92.5 cm³/mol. The van der Waals surface area contributed by atoms with E-state index in [-0.39, 0.29) is 6.42 Å². The van der Waals surface area contributed by atoms with Crippen molar-refractivity contribution in [3.63, 3.8) is 0 Å². The Hall–Kier alpha value is -2.13. The van der Waals surface area contributed by atoms with Gasteiger partial charge in [-0.1, -0.05) is 42.0 Å². The highest BCUT2D eigenvalue weighted by atomic mass is 16.4. The largest absolute Gasteiger partial charge is 0.481 e. The Morgan fingerprint density at radius 1 is 1.04 bits per heavy atom. The van der Waals surface area contributed by atoms with Gasteiger partial charge in [0.1, 0.15) is 0 Å². The molecule has 1 saturated heterocycles. The molecule has 1 aliphatic rings. The van der Waals surface area contributed by atoms with Gasteiger partial charge in [-0.2, -0.15) is 0 Å². The van der Waals surface area contributed by atoms with Crippen molar-refractivity contribution in [2.24, 2.45) is 0 Å². The van der Waals surface area contributed by atoms with Gasteiger partial charge in [0.05, 0.1) is 6.42 Å². The molecule has 0 atom stereocenters. The molecule has 0 saturated carbocycles. The van der Waals surface area contributed by atoms with Crippen molar-refractivity contribution in [2.45, 2.75) is 32.7 Å². The van der Waals surface area contributed by atoms with Crippen LogP contribution in [0.4, 0.5) is 0 Å². The van der Waals surface area contributed by atoms with Gasteiger partial charge in [-0.15, -0.1) is 0 Å². The van der Waals surface area contributed by atoms with Crippen LogP contribution in [0.1, 0.15) is 29.5 Å². The Bertz CT molecular complexity index is 703. The number of hydrogen-bond donors (Lipinski definition) is 1. The highest BCUT2D eigenvalue weighted by molar-refractivity contribution is 5.72. The lowest BCUT2D eigenvalue weighted by atomic mass is 9.98. The zero-order valence-electron chi connectivity index (χ0n) is 13.6. The molecule has 1 N–H and O–H groups in total. The lowest BCUT2D eigenvalue weighted by molar-refractivity contribution is -0.136. The summed E-state index contributed by atoms with van der Waals surface area (Å²) in [6.07, 6.45) is 2.67. The molecular formula is C20H23NO2. The standard InChI is InChI=1S/C20H23NO2/c1-15-9-17(14-21-7-2-3-8-21)12-19(10-15)18-6-4-5-16(11-18)13-20(22)23/h4-6,9-12H,2-3,7-8,13-14H2,1H3,(H,22,23). The SMILES string of the molecule is Cc1cc(CN2CCCC2)cc(-c2cccc(CC(=O)O)c2)c1. The molecule has 3 heteroatoms. The monoisotopic (exact) mass is 309 g/mol. The molecule has 0 amide bonds. The Kier molecular flexibility index (Phi) is 4.77. The van der Waals surface area contributed by atoms with Crippen molar-refractivity contribution in [1.29, 1.82) is 0 Å². The molecule has 1 fully saturated rings. The molecule has 0 spiro atoms.